The molecular weight excluding hydrogens is 445 g/mol. The number of anilines is 1. The Hall–Kier alpha value is -2.46. The van der Waals surface area contributed by atoms with E-state index in [1.165, 1.54) is 30.6 Å². The number of nitrogens with zero attached hydrogens (tertiary/aromatic N) is 2. The molecule has 2 heterocycles. The number of ether oxygens (including phenoxy) is 1. The smallest absolute Gasteiger partial charge is 0.274 e. The van der Waals surface area contributed by atoms with E-state index in [2.05, 4.69) is 10.3 Å². The summed E-state index contributed by atoms with van der Waals surface area (Å²) in [5.74, 6) is -0.162. The molecule has 0 bridgehead atoms. The van der Waals surface area contributed by atoms with Crippen LogP contribution in [0.15, 0.2) is 30.3 Å². The zero-order valence-electron chi connectivity index (χ0n) is 14.0. The minimum atomic E-state index is -0.512. The Balaban J connectivity index is 1.71. The molecule has 142 valence electrons. The van der Waals surface area contributed by atoms with Crippen LogP contribution >= 0.6 is 45.9 Å². The number of benzene rings is 2. The second kappa shape index (κ2) is 7.17. The minimum absolute atomic E-state index is 0.115. The third kappa shape index (κ3) is 3.26. The number of hydrogen-bond donors (Lipinski definition) is 1. The highest BCUT2D eigenvalue weighted by molar-refractivity contribution is 7.23. The number of nitro groups is 1. The number of thiophene rings is 1. The van der Waals surface area contributed by atoms with Crippen molar-refractivity contribution < 1.29 is 14.5 Å². The predicted octanol–water partition coefficient (Wildman–Crippen LogP) is 5.99. The van der Waals surface area contributed by atoms with Gasteiger partial charge in [-0.15, -0.1) is 11.3 Å². The summed E-state index contributed by atoms with van der Waals surface area (Å²) in [6.45, 7) is 0. The molecule has 0 fully saturated rings. The van der Waals surface area contributed by atoms with Crippen molar-refractivity contribution in [2.75, 3.05) is 12.4 Å². The number of thiazole rings is 1. The third-order valence-electron chi connectivity index (χ3n) is 3.89. The van der Waals surface area contributed by atoms with Crippen molar-refractivity contribution in [3.05, 3.63) is 55.4 Å². The summed E-state index contributed by atoms with van der Waals surface area (Å²) in [6.07, 6.45) is 0. The topological polar surface area (TPSA) is 94.4 Å². The molecule has 0 aliphatic heterocycles. The maximum Gasteiger partial charge on any atom is 0.274 e. The Kier molecular flexibility index (Phi) is 4.84. The molecule has 2 aromatic carbocycles. The van der Waals surface area contributed by atoms with E-state index >= 15 is 0 Å². The van der Waals surface area contributed by atoms with Crippen LogP contribution in [-0.4, -0.2) is 22.9 Å². The molecule has 0 saturated heterocycles. The molecule has 28 heavy (non-hydrogen) atoms. The molecule has 4 rings (SSSR count). The molecule has 11 heteroatoms. The molecule has 0 unspecified atom stereocenters. The fourth-order valence-corrected chi connectivity index (χ4v) is 5.24. The molecule has 0 aliphatic carbocycles. The Bertz CT molecular complexity index is 1270. The van der Waals surface area contributed by atoms with Crippen LogP contribution in [0.1, 0.15) is 9.67 Å². The van der Waals surface area contributed by atoms with Crippen molar-refractivity contribution in [2.45, 2.75) is 0 Å². The summed E-state index contributed by atoms with van der Waals surface area (Å²) in [7, 11) is 1.40. The van der Waals surface area contributed by atoms with Crippen molar-refractivity contribution in [3.63, 3.8) is 0 Å². The minimum Gasteiger partial charge on any atom is -0.494 e. The maximum atomic E-state index is 12.7. The lowest BCUT2D eigenvalue weighted by molar-refractivity contribution is -0.384. The van der Waals surface area contributed by atoms with Gasteiger partial charge in [-0.25, -0.2) is 4.98 Å². The standard InChI is InChI=1S/C17H9Cl2N3O4S2/c1-26-10-5-8(22(24)25)6-12-14(10)20-17(28-12)21-16(23)15-13(19)9-3-2-7(18)4-11(9)27-15/h2-6H,1H3,(H,20,21,23). The lowest BCUT2D eigenvalue weighted by Crippen LogP contribution is -2.10. The monoisotopic (exact) mass is 453 g/mol. The number of halogens is 2. The Morgan fingerprint density at radius 3 is 2.71 bits per heavy atom. The highest BCUT2D eigenvalue weighted by atomic mass is 35.5. The van der Waals surface area contributed by atoms with E-state index in [1.54, 1.807) is 18.2 Å². The van der Waals surface area contributed by atoms with Crippen LogP contribution in [0, 0.1) is 10.1 Å². The van der Waals surface area contributed by atoms with E-state index in [-0.39, 0.29) is 16.6 Å². The predicted molar refractivity (Wildman–Crippen MR) is 113 cm³/mol. The Morgan fingerprint density at radius 2 is 2.00 bits per heavy atom. The van der Waals surface area contributed by atoms with Gasteiger partial charge in [-0.3, -0.25) is 20.2 Å². The fourth-order valence-electron chi connectivity index (χ4n) is 2.64. The van der Waals surface area contributed by atoms with Gasteiger partial charge in [-0.2, -0.15) is 0 Å². The van der Waals surface area contributed by atoms with Gasteiger partial charge < -0.3 is 4.74 Å². The SMILES string of the molecule is COc1cc([N+](=O)[O-])cc2sc(NC(=O)c3sc4cc(Cl)ccc4c3Cl)nc12. The molecule has 0 spiro atoms. The molecule has 0 aliphatic rings. The first-order valence-corrected chi connectivity index (χ1v) is 10.1. The number of nitro benzene ring substituents is 1. The number of amides is 1. The molecule has 1 N–H and O–H groups in total. The lowest BCUT2D eigenvalue weighted by Gasteiger charge is -2.00. The van der Waals surface area contributed by atoms with Crippen molar-refractivity contribution in [2.24, 2.45) is 0 Å². The van der Waals surface area contributed by atoms with Crippen LogP contribution in [-0.2, 0) is 0 Å². The zero-order valence-corrected chi connectivity index (χ0v) is 17.1. The van der Waals surface area contributed by atoms with Gasteiger partial charge in [0.1, 0.15) is 10.4 Å². The normalized spacial score (nSPS) is 11.1. The number of aromatic nitrogens is 1. The van der Waals surface area contributed by atoms with E-state index in [0.717, 1.165) is 21.4 Å². The number of hydrogen-bond acceptors (Lipinski definition) is 7. The van der Waals surface area contributed by atoms with Crippen molar-refractivity contribution >= 4 is 82.9 Å². The van der Waals surface area contributed by atoms with E-state index in [4.69, 9.17) is 27.9 Å². The van der Waals surface area contributed by atoms with E-state index in [9.17, 15) is 14.9 Å². The van der Waals surface area contributed by atoms with Gasteiger partial charge in [0.05, 0.1) is 27.8 Å². The quantitative estimate of drug-likeness (QED) is 0.302. The molecule has 4 aromatic rings. The van der Waals surface area contributed by atoms with E-state index in [1.807, 2.05) is 0 Å². The molecule has 0 radical (unpaired) electrons. The molecule has 1 amide bonds. The molecular formula is C17H9Cl2N3O4S2. The van der Waals surface area contributed by atoms with Gasteiger partial charge in [0.2, 0.25) is 0 Å². The Labute approximate surface area is 175 Å². The van der Waals surface area contributed by atoms with Crippen LogP contribution in [0.4, 0.5) is 10.8 Å². The third-order valence-corrected chi connectivity index (χ3v) is 6.70. The number of rotatable bonds is 4. The largest absolute Gasteiger partial charge is 0.494 e. The lowest BCUT2D eigenvalue weighted by atomic mass is 10.2. The van der Waals surface area contributed by atoms with E-state index in [0.29, 0.717) is 25.1 Å². The fraction of sp³-hybridized carbons (Fsp3) is 0.0588. The van der Waals surface area contributed by atoms with Crippen LogP contribution in [0.3, 0.4) is 0 Å². The van der Waals surface area contributed by atoms with Crippen molar-refractivity contribution in [1.29, 1.82) is 0 Å². The first-order chi connectivity index (χ1) is 13.4. The van der Waals surface area contributed by atoms with Gasteiger partial charge >= 0.3 is 0 Å². The molecule has 0 atom stereocenters. The van der Waals surface area contributed by atoms with Crippen molar-refractivity contribution in [1.82, 2.24) is 4.98 Å². The summed E-state index contributed by atoms with van der Waals surface area (Å²) < 4.78 is 6.51. The zero-order chi connectivity index (χ0) is 20.0. The molecule has 7 nitrogen and oxygen atoms in total. The summed E-state index contributed by atoms with van der Waals surface area (Å²) >= 11 is 14.7. The average molecular weight is 454 g/mol. The van der Waals surface area contributed by atoms with Crippen LogP contribution in [0.5, 0.6) is 5.75 Å². The van der Waals surface area contributed by atoms with Crippen LogP contribution < -0.4 is 10.1 Å². The summed E-state index contributed by atoms with van der Waals surface area (Å²) in [6, 6.07) is 7.89. The Morgan fingerprint density at radius 1 is 1.21 bits per heavy atom. The van der Waals surface area contributed by atoms with Crippen LogP contribution in [0.25, 0.3) is 20.3 Å². The second-order valence-electron chi connectivity index (χ2n) is 5.61. The number of fused-ring (bicyclic) bond motifs is 2. The molecule has 2 aromatic heterocycles. The summed E-state index contributed by atoms with van der Waals surface area (Å²) in [5.41, 5.74) is 0.318. The number of methoxy groups -OCH3 is 1. The van der Waals surface area contributed by atoms with Gasteiger partial charge in [-0.05, 0) is 12.1 Å². The number of carbonyl (C=O) groups is 1. The van der Waals surface area contributed by atoms with Crippen LogP contribution in [0.2, 0.25) is 10.0 Å². The first kappa shape index (κ1) is 18.9. The highest BCUT2D eigenvalue weighted by Gasteiger charge is 2.21. The summed E-state index contributed by atoms with van der Waals surface area (Å²) in [4.78, 5) is 27.9. The first-order valence-electron chi connectivity index (χ1n) is 7.69. The van der Waals surface area contributed by atoms with Crippen molar-refractivity contribution in [3.8, 4) is 5.75 Å². The van der Waals surface area contributed by atoms with E-state index < -0.39 is 10.8 Å². The number of carbonyl (C=O) groups excluding carboxylic acids is 1. The summed E-state index contributed by atoms with van der Waals surface area (Å²) in [5, 5.41) is 15.7. The number of nitrogens with one attached hydrogen (secondary N) is 1. The maximum absolute atomic E-state index is 12.7. The molecule has 0 saturated carbocycles. The van der Waals surface area contributed by atoms with Gasteiger partial charge in [0, 0.05) is 21.2 Å². The second-order valence-corrected chi connectivity index (χ2v) is 8.51. The van der Waals surface area contributed by atoms with Gasteiger partial charge in [0.15, 0.2) is 10.9 Å². The van der Waals surface area contributed by atoms with Gasteiger partial charge in [-0.1, -0.05) is 40.6 Å². The average Bonchev–Trinajstić information content (AvgIpc) is 3.20. The number of non-ortho nitro benzene ring substituents is 1. The van der Waals surface area contributed by atoms with Gasteiger partial charge in [0.25, 0.3) is 11.6 Å². The highest BCUT2D eigenvalue weighted by Crippen LogP contribution is 2.39.